The third-order valence-corrected chi connectivity index (χ3v) is 3.32. The smallest absolute Gasteiger partial charge is 0.225 e. The van der Waals surface area contributed by atoms with Crippen LogP contribution in [-0.2, 0) is 17.6 Å². The minimum Gasteiger partial charge on any atom is -0.472 e. The molecular formula is C13H15NO2S. The molecular weight excluding hydrogens is 234 g/mol. The molecule has 0 spiro atoms. The number of rotatable bonds is 5. The molecule has 0 unspecified atom stereocenters. The van der Waals surface area contributed by atoms with Crippen molar-refractivity contribution in [3.63, 3.8) is 0 Å². The Labute approximate surface area is 104 Å². The molecule has 0 aliphatic rings. The van der Waals surface area contributed by atoms with E-state index in [-0.39, 0.29) is 11.9 Å². The zero-order valence-electron chi connectivity index (χ0n) is 9.68. The van der Waals surface area contributed by atoms with Gasteiger partial charge in [0.15, 0.2) is 0 Å². The van der Waals surface area contributed by atoms with Crippen molar-refractivity contribution in [3.8, 4) is 0 Å². The average molecular weight is 249 g/mol. The minimum atomic E-state index is 0.0726. The predicted molar refractivity (Wildman–Crippen MR) is 68.0 cm³/mol. The Morgan fingerprint density at radius 1 is 1.53 bits per heavy atom. The highest BCUT2D eigenvalue weighted by Crippen LogP contribution is 2.09. The second kappa shape index (κ2) is 5.68. The van der Waals surface area contributed by atoms with E-state index in [4.69, 9.17) is 4.42 Å². The van der Waals surface area contributed by atoms with Crippen molar-refractivity contribution < 1.29 is 9.21 Å². The lowest BCUT2D eigenvalue weighted by molar-refractivity contribution is -0.120. The quantitative estimate of drug-likeness (QED) is 0.885. The number of thiophene rings is 1. The minimum absolute atomic E-state index is 0.0726. The SMILES string of the molecule is C[C@@H](Cc1ccoc1)NC(=O)Cc1cccs1. The molecule has 0 saturated heterocycles. The van der Waals surface area contributed by atoms with E-state index in [0.29, 0.717) is 6.42 Å². The summed E-state index contributed by atoms with van der Waals surface area (Å²) in [5.74, 6) is 0.0726. The zero-order chi connectivity index (χ0) is 12.1. The first-order chi connectivity index (χ1) is 8.24. The third-order valence-electron chi connectivity index (χ3n) is 2.44. The highest BCUT2D eigenvalue weighted by atomic mass is 32.1. The van der Waals surface area contributed by atoms with E-state index in [0.717, 1.165) is 16.9 Å². The van der Waals surface area contributed by atoms with Gasteiger partial charge in [0, 0.05) is 10.9 Å². The molecule has 1 atom stereocenters. The van der Waals surface area contributed by atoms with Crippen LogP contribution in [0.3, 0.4) is 0 Å². The van der Waals surface area contributed by atoms with Gasteiger partial charge in [-0.15, -0.1) is 11.3 Å². The molecule has 90 valence electrons. The first kappa shape index (κ1) is 11.9. The number of furan rings is 1. The Kier molecular flexibility index (Phi) is 3.98. The van der Waals surface area contributed by atoms with E-state index < -0.39 is 0 Å². The largest absolute Gasteiger partial charge is 0.472 e. The van der Waals surface area contributed by atoms with Crippen LogP contribution in [0.5, 0.6) is 0 Å². The first-order valence-corrected chi connectivity index (χ1v) is 6.45. The lowest BCUT2D eigenvalue weighted by Crippen LogP contribution is -2.34. The van der Waals surface area contributed by atoms with Crippen LogP contribution in [0.25, 0.3) is 0 Å². The van der Waals surface area contributed by atoms with E-state index in [9.17, 15) is 4.79 Å². The van der Waals surface area contributed by atoms with Crippen molar-refractivity contribution in [2.45, 2.75) is 25.8 Å². The zero-order valence-corrected chi connectivity index (χ0v) is 10.5. The molecule has 0 aliphatic heterocycles. The Hall–Kier alpha value is -1.55. The highest BCUT2D eigenvalue weighted by molar-refractivity contribution is 7.10. The average Bonchev–Trinajstić information content (AvgIpc) is 2.90. The summed E-state index contributed by atoms with van der Waals surface area (Å²) in [4.78, 5) is 12.8. The van der Waals surface area contributed by atoms with Gasteiger partial charge < -0.3 is 9.73 Å². The predicted octanol–water partition coefficient (Wildman–Crippen LogP) is 2.63. The molecule has 4 heteroatoms. The topological polar surface area (TPSA) is 42.2 Å². The van der Waals surface area contributed by atoms with Gasteiger partial charge in [-0.05, 0) is 36.4 Å². The standard InChI is InChI=1S/C13H15NO2S/c1-10(7-11-4-5-16-9-11)14-13(15)8-12-3-2-6-17-12/h2-6,9-10H,7-8H2,1H3,(H,14,15)/t10-/m0/s1. The van der Waals surface area contributed by atoms with E-state index in [2.05, 4.69) is 5.32 Å². The molecule has 1 amide bonds. The molecule has 2 rings (SSSR count). The van der Waals surface area contributed by atoms with E-state index in [1.807, 2.05) is 30.5 Å². The lowest BCUT2D eigenvalue weighted by Gasteiger charge is -2.12. The normalized spacial score (nSPS) is 12.3. The summed E-state index contributed by atoms with van der Waals surface area (Å²) in [7, 11) is 0. The molecule has 17 heavy (non-hydrogen) atoms. The Balaban J connectivity index is 1.78. The van der Waals surface area contributed by atoms with Gasteiger partial charge in [-0.25, -0.2) is 0 Å². The van der Waals surface area contributed by atoms with Gasteiger partial charge >= 0.3 is 0 Å². The van der Waals surface area contributed by atoms with Crippen LogP contribution < -0.4 is 5.32 Å². The number of carbonyl (C=O) groups excluding carboxylic acids is 1. The maximum Gasteiger partial charge on any atom is 0.225 e. The van der Waals surface area contributed by atoms with Crippen molar-refractivity contribution in [2.75, 3.05) is 0 Å². The number of amides is 1. The van der Waals surface area contributed by atoms with Crippen molar-refractivity contribution in [3.05, 3.63) is 46.5 Å². The van der Waals surface area contributed by atoms with Crippen LogP contribution in [0.1, 0.15) is 17.4 Å². The summed E-state index contributed by atoms with van der Waals surface area (Å²) in [5, 5.41) is 4.97. The lowest BCUT2D eigenvalue weighted by atomic mass is 10.1. The number of hydrogen-bond donors (Lipinski definition) is 1. The number of carbonyl (C=O) groups is 1. The fraction of sp³-hybridized carbons (Fsp3) is 0.308. The van der Waals surface area contributed by atoms with Crippen LogP contribution in [-0.4, -0.2) is 11.9 Å². The number of nitrogens with one attached hydrogen (secondary N) is 1. The van der Waals surface area contributed by atoms with Crippen molar-refractivity contribution in [2.24, 2.45) is 0 Å². The molecule has 1 N–H and O–H groups in total. The molecule has 0 saturated carbocycles. The van der Waals surface area contributed by atoms with Gasteiger partial charge in [0.1, 0.15) is 0 Å². The van der Waals surface area contributed by atoms with E-state index in [1.165, 1.54) is 0 Å². The van der Waals surface area contributed by atoms with Gasteiger partial charge in [-0.3, -0.25) is 4.79 Å². The monoisotopic (exact) mass is 249 g/mol. The Bertz CT molecular complexity index is 448. The van der Waals surface area contributed by atoms with Crippen LogP contribution in [0.15, 0.2) is 40.5 Å². The fourth-order valence-corrected chi connectivity index (χ4v) is 2.41. The molecule has 0 aromatic carbocycles. The second-order valence-corrected chi connectivity index (χ2v) is 5.09. The van der Waals surface area contributed by atoms with Crippen molar-refractivity contribution in [1.82, 2.24) is 5.32 Å². The van der Waals surface area contributed by atoms with Gasteiger partial charge in [-0.1, -0.05) is 6.07 Å². The van der Waals surface area contributed by atoms with Gasteiger partial charge in [0.05, 0.1) is 18.9 Å². The Morgan fingerprint density at radius 3 is 3.06 bits per heavy atom. The summed E-state index contributed by atoms with van der Waals surface area (Å²) in [6.07, 6.45) is 4.62. The van der Waals surface area contributed by atoms with Gasteiger partial charge in [0.2, 0.25) is 5.91 Å². The highest BCUT2D eigenvalue weighted by Gasteiger charge is 2.09. The third kappa shape index (κ3) is 3.75. The molecule has 2 aromatic rings. The van der Waals surface area contributed by atoms with Crippen molar-refractivity contribution >= 4 is 17.2 Å². The van der Waals surface area contributed by atoms with E-state index >= 15 is 0 Å². The molecule has 2 heterocycles. The summed E-state index contributed by atoms with van der Waals surface area (Å²) < 4.78 is 4.99. The van der Waals surface area contributed by atoms with Crippen molar-refractivity contribution in [1.29, 1.82) is 0 Å². The van der Waals surface area contributed by atoms with Gasteiger partial charge in [-0.2, -0.15) is 0 Å². The van der Waals surface area contributed by atoms with Gasteiger partial charge in [0.25, 0.3) is 0 Å². The molecule has 0 bridgehead atoms. The fourth-order valence-electron chi connectivity index (χ4n) is 1.71. The molecule has 0 aliphatic carbocycles. The molecule has 0 radical (unpaired) electrons. The molecule has 2 aromatic heterocycles. The summed E-state index contributed by atoms with van der Waals surface area (Å²) in [6.45, 7) is 2.00. The maximum atomic E-state index is 11.7. The maximum absolute atomic E-state index is 11.7. The second-order valence-electron chi connectivity index (χ2n) is 4.06. The molecule has 0 fully saturated rings. The van der Waals surface area contributed by atoms with E-state index in [1.54, 1.807) is 23.9 Å². The molecule has 3 nitrogen and oxygen atoms in total. The van der Waals surface area contributed by atoms with Crippen LogP contribution in [0, 0.1) is 0 Å². The summed E-state index contributed by atoms with van der Waals surface area (Å²) in [5.41, 5.74) is 1.11. The van der Waals surface area contributed by atoms with Crippen LogP contribution in [0.4, 0.5) is 0 Å². The Morgan fingerprint density at radius 2 is 2.41 bits per heavy atom. The van der Waals surface area contributed by atoms with Crippen LogP contribution in [0.2, 0.25) is 0 Å². The van der Waals surface area contributed by atoms with Crippen LogP contribution >= 0.6 is 11.3 Å². The summed E-state index contributed by atoms with van der Waals surface area (Å²) in [6, 6.07) is 5.98. The summed E-state index contributed by atoms with van der Waals surface area (Å²) >= 11 is 1.61. The number of hydrogen-bond acceptors (Lipinski definition) is 3. The first-order valence-electron chi connectivity index (χ1n) is 5.57.